The van der Waals surface area contributed by atoms with Crippen LogP contribution in [0.15, 0.2) is 35.7 Å². The molecule has 3 nitrogen and oxygen atoms in total. The maximum Gasteiger partial charge on any atom is 0.234 e. The highest BCUT2D eigenvalue weighted by Crippen LogP contribution is 2.48. The van der Waals surface area contributed by atoms with E-state index in [9.17, 15) is 9.18 Å². The summed E-state index contributed by atoms with van der Waals surface area (Å²) in [5.41, 5.74) is 1.96. The fourth-order valence-corrected chi connectivity index (χ4v) is 4.53. The number of nitrogens with one attached hydrogen (secondary N) is 1. The molecule has 2 heterocycles. The lowest BCUT2D eigenvalue weighted by Crippen LogP contribution is -2.43. The topological polar surface area (TPSA) is 32.3 Å². The molecule has 126 valence electrons. The summed E-state index contributed by atoms with van der Waals surface area (Å²) in [6, 6.07) is 9.20. The lowest BCUT2D eigenvalue weighted by Gasteiger charge is -2.35. The van der Waals surface area contributed by atoms with Gasteiger partial charge in [-0.15, -0.1) is 11.3 Å². The molecule has 0 unspecified atom stereocenters. The van der Waals surface area contributed by atoms with Gasteiger partial charge in [0.2, 0.25) is 5.91 Å². The van der Waals surface area contributed by atoms with Crippen molar-refractivity contribution in [3.8, 4) is 0 Å². The van der Waals surface area contributed by atoms with Gasteiger partial charge in [-0.25, -0.2) is 4.39 Å². The molecule has 1 aliphatic heterocycles. The number of amides is 1. The van der Waals surface area contributed by atoms with Crippen LogP contribution >= 0.6 is 11.3 Å². The van der Waals surface area contributed by atoms with Crippen LogP contribution in [0.4, 0.5) is 4.39 Å². The van der Waals surface area contributed by atoms with Crippen LogP contribution in [0, 0.1) is 11.7 Å². The Balaban J connectivity index is 1.39. The molecule has 1 atom stereocenters. The van der Waals surface area contributed by atoms with E-state index in [1.165, 1.54) is 29.3 Å². The third-order valence-corrected chi connectivity index (χ3v) is 5.96. The van der Waals surface area contributed by atoms with Crippen molar-refractivity contribution in [2.75, 3.05) is 13.1 Å². The highest BCUT2D eigenvalue weighted by Gasteiger charge is 2.40. The van der Waals surface area contributed by atoms with E-state index in [-0.39, 0.29) is 18.3 Å². The Hall–Kier alpha value is -1.72. The molecule has 0 saturated heterocycles. The number of carbonyl (C=O) groups excluding carboxylic acids is 1. The predicted octanol–water partition coefficient (Wildman–Crippen LogP) is 3.51. The monoisotopic (exact) mass is 344 g/mol. The summed E-state index contributed by atoms with van der Waals surface area (Å²) in [6.07, 6.45) is 3.54. The average Bonchev–Trinajstić information content (AvgIpc) is 3.30. The molecule has 1 aliphatic carbocycles. The number of hydrogen-bond acceptors (Lipinski definition) is 3. The molecule has 1 fully saturated rings. The van der Waals surface area contributed by atoms with Crippen LogP contribution in [0.1, 0.15) is 34.9 Å². The van der Waals surface area contributed by atoms with Gasteiger partial charge in [0.1, 0.15) is 5.82 Å². The first-order valence-electron chi connectivity index (χ1n) is 8.53. The Morgan fingerprint density at radius 2 is 2.12 bits per heavy atom. The van der Waals surface area contributed by atoms with Crippen LogP contribution in [-0.2, 0) is 17.8 Å². The van der Waals surface area contributed by atoms with Crippen LogP contribution in [0.2, 0.25) is 0 Å². The van der Waals surface area contributed by atoms with Crippen LogP contribution in [0.25, 0.3) is 0 Å². The summed E-state index contributed by atoms with van der Waals surface area (Å²) < 4.78 is 13.6. The van der Waals surface area contributed by atoms with Crippen molar-refractivity contribution in [3.63, 3.8) is 0 Å². The number of benzene rings is 1. The maximum absolute atomic E-state index is 13.6. The minimum atomic E-state index is -0.269. The lowest BCUT2D eigenvalue weighted by molar-refractivity contribution is -0.123. The van der Waals surface area contributed by atoms with Crippen molar-refractivity contribution < 1.29 is 9.18 Å². The Morgan fingerprint density at radius 3 is 2.92 bits per heavy atom. The molecular formula is C19H21FN2OS. The Bertz CT molecular complexity index is 740. The highest BCUT2D eigenvalue weighted by atomic mass is 32.1. The molecule has 0 spiro atoms. The molecule has 1 aromatic heterocycles. The summed E-state index contributed by atoms with van der Waals surface area (Å²) in [6.45, 7) is 1.57. The normalized spacial score (nSPS) is 20.6. The Labute approximate surface area is 145 Å². The van der Waals surface area contributed by atoms with E-state index in [4.69, 9.17) is 0 Å². The fourth-order valence-electron chi connectivity index (χ4n) is 3.62. The van der Waals surface area contributed by atoms with E-state index in [0.29, 0.717) is 24.1 Å². The van der Waals surface area contributed by atoms with Crippen LogP contribution in [0.3, 0.4) is 0 Å². The van der Waals surface area contributed by atoms with E-state index in [2.05, 4.69) is 21.7 Å². The van der Waals surface area contributed by atoms with Crippen LogP contribution in [-0.4, -0.2) is 23.9 Å². The number of rotatable bonds is 5. The molecule has 1 saturated carbocycles. The first-order chi connectivity index (χ1) is 11.7. The van der Waals surface area contributed by atoms with E-state index in [1.54, 1.807) is 18.2 Å². The number of carbonyl (C=O) groups is 1. The first kappa shape index (κ1) is 15.8. The standard InChI is InChI=1S/C19H21FN2OS/c20-16-4-2-1-3-14(16)11-21-18(23)12-22-9-7-17-15(8-10-24-17)19(22)13-5-6-13/h1-4,8,10,13,19H,5-7,9,11-12H2,(H,21,23)/t19-/m1/s1. The molecule has 5 heteroatoms. The van der Waals surface area contributed by atoms with Gasteiger partial charge < -0.3 is 5.32 Å². The molecule has 2 aromatic rings. The second-order valence-corrected chi connectivity index (χ2v) is 7.67. The molecule has 1 amide bonds. The van der Waals surface area contributed by atoms with Crippen LogP contribution in [0.5, 0.6) is 0 Å². The molecular weight excluding hydrogens is 323 g/mol. The molecule has 4 rings (SSSR count). The number of hydrogen-bond donors (Lipinski definition) is 1. The smallest absolute Gasteiger partial charge is 0.234 e. The Kier molecular flexibility index (Phi) is 4.37. The summed E-state index contributed by atoms with van der Waals surface area (Å²) in [5.74, 6) is 0.398. The molecule has 0 radical (unpaired) electrons. The van der Waals surface area contributed by atoms with Gasteiger partial charge in [0.25, 0.3) is 0 Å². The van der Waals surface area contributed by atoms with Gasteiger partial charge in [-0.1, -0.05) is 18.2 Å². The van der Waals surface area contributed by atoms with Crippen molar-refractivity contribution in [3.05, 3.63) is 57.5 Å². The minimum absolute atomic E-state index is 0.0254. The fraction of sp³-hybridized carbons (Fsp3) is 0.421. The quantitative estimate of drug-likeness (QED) is 0.900. The zero-order chi connectivity index (χ0) is 16.5. The third kappa shape index (κ3) is 3.23. The Morgan fingerprint density at radius 1 is 1.29 bits per heavy atom. The van der Waals surface area contributed by atoms with Gasteiger partial charge in [-0.05, 0) is 48.3 Å². The number of halogens is 1. The van der Waals surface area contributed by atoms with E-state index in [0.717, 1.165) is 13.0 Å². The molecule has 0 bridgehead atoms. The lowest BCUT2D eigenvalue weighted by atomic mass is 9.96. The first-order valence-corrected chi connectivity index (χ1v) is 9.41. The second-order valence-electron chi connectivity index (χ2n) is 6.67. The SMILES string of the molecule is O=C(CN1CCc2sccc2[C@H]1C1CC1)NCc1ccccc1F. The van der Waals surface area contributed by atoms with Crippen molar-refractivity contribution in [1.82, 2.24) is 10.2 Å². The number of nitrogens with zero attached hydrogens (tertiary/aromatic N) is 1. The van der Waals surface area contributed by atoms with E-state index >= 15 is 0 Å². The second kappa shape index (κ2) is 6.65. The van der Waals surface area contributed by atoms with Gasteiger partial charge in [0.05, 0.1) is 6.54 Å². The number of thiophene rings is 1. The summed E-state index contributed by atoms with van der Waals surface area (Å²) in [4.78, 5) is 16.2. The van der Waals surface area contributed by atoms with Crippen molar-refractivity contribution in [2.45, 2.75) is 31.8 Å². The van der Waals surface area contributed by atoms with Crippen molar-refractivity contribution in [2.24, 2.45) is 5.92 Å². The van der Waals surface area contributed by atoms with Gasteiger partial charge in [0.15, 0.2) is 0 Å². The van der Waals surface area contributed by atoms with E-state index in [1.807, 2.05) is 11.3 Å². The van der Waals surface area contributed by atoms with Gasteiger partial charge in [-0.3, -0.25) is 9.69 Å². The third-order valence-electron chi connectivity index (χ3n) is 4.97. The van der Waals surface area contributed by atoms with Crippen molar-refractivity contribution >= 4 is 17.2 Å². The highest BCUT2D eigenvalue weighted by molar-refractivity contribution is 7.10. The average molecular weight is 344 g/mol. The molecule has 24 heavy (non-hydrogen) atoms. The van der Waals surface area contributed by atoms with E-state index < -0.39 is 0 Å². The molecule has 1 N–H and O–H groups in total. The zero-order valence-electron chi connectivity index (χ0n) is 13.5. The molecule has 2 aliphatic rings. The van der Waals surface area contributed by atoms with Gasteiger partial charge >= 0.3 is 0 Å². The minimum Gasteiger partial charge on any atom is -0.351 e. The number of fused-ring (bicyclic) bond motifs is 1. The predicted molar refractivity (Wildman–Crippen MR) is 93.3 cm³/mol. The summed E-state index contributed by atoms with van der Waals surface area (Å²) >= 11 is 1.84. The summed E-state index contributed by atoms with van der Waals surface area (Å²) in [7, 11) is 0. The zero-order valence-corrected chi connectivity index (χ0v) is 14.3. The molecule has 1 aromatic carbocycles. The maximum atomic E-state index is 13.6. The van der Waals surface area contributed by atoms with Crippen molar-refractivity contribution in [1.29, 1.82) is 0 Å². The van der Waals surface area contributed by atoms with Gasteiger partial charge in [0, 0.05) is 29.6 Å². The van der Waals surface area contributed by atoms with Gasteiger partial charge in [-0.2, -0.15) is 0 Å². The van der Waals surface area contributed by atoms with Crippen LogP contribution < -0.4 is 5.32 Å². The summed E-state index contributed by atoms with van der Waals surface area (Å²) in [5, 5.41) is 5.04. The largest absolute Gasteiger partial charge is 0.351 e.